The first-order chi connectivity index (χ1) is 14.9. The lowest BCUT2D eigenvalue weighted by atomic mass is 10.0. The van der Waals surface area contributed by atoms with Crippen LogP contribution in [-0.2, 0) is 22.5 Å². The number of halogens is 1. The number of hydrogen-bond acceptors (Lipinski definition) is 6. The van der Waals surface area contributed by atoms with Gasteiger partial charge in [-0.05, 0) is 50.2 Å². The Labute approximate surface area is 189 Å². The molecule has 1 aromatic heterocycles. The van der Waals surface area contributed by atoms with E-state index in [1.807, 2.05) is 30.3 Å². The molecule has 158 valence electrons. The molecule has 9 heteroatoms. The molecule has 1 aliphatic rings. The Hall–Kier alpha value is -3.17. The van der Waals surface area contributed by atoms with Crippen LogP contribution in [0.3, 0.4) is 0 Å². The third-order valence-electron chi connectivity index (χ3n) is 4.96. The second kappa shape index (κ2) is 8.52. The average Bonchev–Trinajstić information content (AvgIpc) is 3.29. The van der Waals surface area contributed by atoms with Crippen molar-refractivity contribution in [1.29, 1.82) is 0 Å². The van der Waals surface area contributed by atoms with Gasteiger partial charge in [0.05, 0.1) is 11.6 Å². The number of methoxy groups -OCH3 is 1. The molecule has 0 atom stereocenters. The van der Waals surface area contributed by atoms with E-state index in [4.69, 9.17) is 9.47 Å². The fraction of sp³-hybridized carbons (Fsp3) is 0.136. The Morgan fingerprint density at radius 3 is 2.61 bits per heavy atom. The van der Waals surface area contributed by atoms with E-state index in [0.29, 0.717) is 0 Å². The molecule has 0 fully saturated rings. The second-order valence-corrected chi connectivity index (χ2v) is 8.54. The van der Waals surface area contributed by atoms with Crippen molar-refractivity contribution in [2.24, 2.45) is 0 Å². The third-order valence-corrected chi connectivity index (χ3v) is 7.10. The molecule has 0 saturated carbocycles. The number of esters is 1. The minimum Gasteiger partial charge on any atom is -0.477 e. The lowest BCUT2D eigenvalue weighted by Crippen LogP contribution is -2.15. The number of carbonyl (C=O) groups excluding carboxylic acids is 2. The largest absolute Gasteiger partial charge is 0.477 e. The molecule has 2 N–H and O–H groups in total. The minimum atomic E-state index is -1.23. The molecule has 1 amide bonds. The van der Waals surface area contributed by atoms with Crippen molar-refractivity contribution in [1.82, 2.24) is 0 Å². The third kappa shape index (κ3) is 3.94. The van der Waals surface area contributed by atoms with Crippen LogP contribution < -0.4 is 5.32 Å². The molecule has 0 radical (unpaired) electrons. The summed E-state index contributed by atoms with van der Waals surface area (Å²) in [6.07, 6.45) is -0.0390. The van der Waals surface area contributed by atoms with Crippen molar-refractivity contribution in [3.05, 3.63) is 74.1 Å². The highest BCUT2D eigenvalue weighted by molar-refractivity contribution is 9.10. The fourth-order valence-corrected chi connectivity index (χ4v) is 5.36. The van der Waals surface area contributed by atoms with E-state index in [-0.39, 0.29) is 26.5 Å². The van der Waals surface area contributed by atoms with E-state index in [1.54, 1.807) is 0 Å². The first-order valence-electron chi connectivity index (χ1n) is 9.17. The van der Waals surface area contributed by atoms with Gasteiger partial charge < -0.3 is 14.6 Å². The smallest absolute Gasteiger partial charge is 0.412 e. The van der Waals surface area contributed by atoms with Crippen LogP contribution in [0.15, 0.2) is 46.9 Å². The second-order valence-electron chi connectivity index (χ2n) is 6.72. The van der Waals surface area contributed by atoms with Crippen LogP contribution in [0.5, 0.6) is 0 Å². The Morgan fingerprint density at radius 2 is 1.87 bits per heavy atom. The maximum Gasteiger partial charge on any atom is 0.412 e. The Morgan fingerprint density at radius 1 is 1.13 bits per heavy atom. The summed E-state index contributed by atoms with van der Waals surface area (Å²) in [5, 5.41) is 11.8. The molecule has 4 rings (SSSR count). The topological polar surface area (TPSA) is 102 Å². The predicted octanol–water partition coefficient (Wildman–Crippen LogP) is 5.32. The van der Waals surface area contributed by atoms with E-state index >= 15 is 0 Å². The maximum atomic E-state index is 12.4. The molecule has 3 aromatic rings. The number of carbonyl (C=O) groups is 3. The van der Waals surface area contributed by atoms with Crippen molar-refractivity contribution in [2.75, 3.05) is 12.4 Å². The molecule has 1 heterocycles. The summed E-state index contributed by atoms with van der Waals surface area (Å²) in [6, 6.07) is 14.0. The standard InChI is InChI=1S/C22H16BrNO6S/c1-29-21(27)16-17(23)18(20(25)26)31-19(16)24-22(28)30-10-12-6-4-8-14-13-7-3-2-5-11(13)9-15(12)14/h2-8H,9-10H2,1H3,(H,24,28)(H,25,26). The Kier molecular flexibility index (Phi) is 5.79. The molecule has 31 heavy (non-hydrogen) atoms. The van der Waals surface area contributed by atoms with Gasteiger partial charge in [-0.3, -0.25) is 5.32 Å². The van der Waals surface area contributed by atoms with Gasteiger partial charge in [-0.2, -0.15) is 0 Å². The number of ether oxygens (including phenoxy) is 2. The van der Waals surface area contributed by atoms with Crippen molar-refractivity contribution in [2.45, 2.75) is 13.0 Å². The minimum absolute atomic E-state index is 0.0341. The molecule has 0 bridgehead atoms. The van der Waals surface area contributed by atoms with Crippen LogP contribution in [0.4, 0.5) is 9.80 Å². The highest BCUT2D eigenvalue weighted by atomic mass is 79.9. The number of anilines is 1. The summed E-state index contributed by atoms with van der Waals surface area (Å²) in [6.45, 7) is 0.0366. The molecule has 7 nitrogen and oxygen atoms in total. The molecule has 2 aromatic carbocycles. The van der Waals surface area contributed by atoms with E-state index in [0.717, 1.165) is 34.4 Å². The number of thiophene rings is 1. The molecule has 0 saturated heterocycles. The van der Waals surface area contributed by atoms with E-state index < -0.39 is 18.0 Å². The molecular weight excluding hydrogens is 486 g/mol. The van der Waals surface area contributed by atoms with Crippen molar-refractivity contribution in [3.63, 3.8) is 0 Å². The van der Waals surface area contributed by atoms with Gasteiger partial charge in [-0.25, -0.2) is 14.4 Å². The van der Waals surface area contributed by atoms with Crippen LogP contribution in [0.1, 0.15) is 36.7 Å². The van der Waals surface area contributed by atoms with Crippen molar-refractivity contribution in [3.8, 4) is 11.1 Å². The van der Waals surface area contributed by atoms with E-state index in [9.17, 15) is 19.5 Å². The first-order valence-corrected chi connectivity index (χ1v) is 10.8. The van der Waals surface area contributed by atoms with Crippen LogP contribution >= 0.6 is 27.3 Å². The zero-order chi connectivity index (χ0) is 22.1. The van der Waals surface area contributed by atoms with E-state index in [2.05, 4.69) is 33.4 Å². The summed E-state index contributed by atoms with van der Waals surface area (Å²) < 4.78 is 10.1. The maximum absolute atomic E-state index is 12.4. The van der Waals surface area contributed by atoms with Gasteiger partial charge in [-0.1, -0.05) is 42.5 Å². The SMILES string of the molecule is COC(=O)c1c(NC(=O)OCc2cccc3c2Cc2ccccc2-3)sc(C(=O)O)c1Br. The van der Waals surface area contributed by atoms with Crippen LogP contribution in [-0.4, -0.2) is 30.2 Å². The zero-order valence-corrected chi connectivity index (χ0v) is 18.6. The van der Waals surface area contributed by atoms with Crippen molar-refractivity contribution >= 4 is 50.3 Å². The summed E-state index contributed by atoms with van der Waals surface area (Å²) in [5.74, 6) is -2.01. The number of rotatable bonds is 5. The zero-order valence-electron chi connectivity index (χ0n) is 16.2. The number of carboxylic acid groups (broad SMARTS) is 1. The number of aromatic carboxylic acids is 1. The monoisotopic (exact) mass is 501 g/mol. The van der Waals surface area contributed by atoms with Gasteiger partial charge in [0.2, 0.25) is 0 Å². The van der Waals surface area contributed by atoms with Gasteiger partial charge in [0.25, 0.3) is 0 Å². The molecule has 0 aliphatic heterocycles. The number of fused-ring (bicyclic) bond motifs is 3. The Bertz CT molecular complexity index is 1220. The number of benzene rings is 2. The predicted molar refractivity (Wildman–Crippen MR) is 119 cm³/mol. The molecule has 0 spiro atoms. The molecule has 1 aliphatic carbocycles. The van der Waals surface area contributed by atoms with E-state index in [1.165, 1.54) is 18.2 Å². The van der Waals surface area contributed by atoms with Crippen molar-refractivity contribution < 1.29 is 29.0 Å². The summed E-state index contributed by atoms with van der Waals surface area (Å²) in [5.41, 5.74) is 5.45. The van der Waals surface area contributed by atoms with Crippen LogP contribution in [0, 0.1) is 0 Å². The normalized spacial score (nSPS) is 11.4. The van der Waals surface area contributed by atoms with Gasteiger partial charge in [0, 0.05) is 0 Å². The summed E-state index contributed by atoms with van der Waals surface area (Å²) in [4.78, 5) is 35.7. The van der Waals surface area contributed by atoms with Crippen LogP contribution in [0.25, 0.3) is 11.1 Å². The number of nitrogens with one attached hydrogen (secondary N) is 1. The number of carboxylic acids is 1. The lowest BCUT2D eigenvalue weighted by Gasteiger charge is -2.10. The van der Waals surface area contributed by atoms with Gasteiger partial charge in [-0.15, -0.1) is 11.3 Å². The highest BCUT2D eigenvalue weighted by Gasteiger charge is 2.28. The molecular formula is C22H16BrNO6S. The Balaban J connectivity index is 1.51. The summed E-state index contributed by atoms with van der Waals surface area (Å²) >= 11 is 3.83. The quantitative estimate of drug-likeness (QED) is 0.359. The lowest BCUT2D eigenvalue weighted by molar-refractivity contribution is 0.0601. The highest BCUT2D eigenvalue weighted by Crippen LogP contribution is 2.39. The number of amides is 1. The summed E-state index contributed by atoms with van der Waals surface area (Å²) in [7, 11) is 1.17. The van der Waals surface area contributed by atoms with Gasteiger partial charge in [0.15, 0.2) is 0 Å². The molecule has 0 unspecified atom stereocenters. The number of hydrogen-bond donors (Lipinski definition) is 2. The average molecular weight is 502 g/mol. The van der Waals surface area contributed by atoms with Gasteiger partial charge >= 0.3 is 18.0 Å². The van der Waals surface area contributed by atoms with Gasteiger partial charge in [0.1, 0.15) is 22.0 Å². The fourth-order valence-electron chi connectivity index (χ4n) is 3.55. The first kappa shape index (κ1) is 21.1. The van der Waals surface area contributed by atoms with Crippen LogP contribution in [0.2, 0.25) is 0 Å².